The van der Waals surface area contributed by atoms with Crippen LogP contribution in [0.2, 0.25) is 0 Å². The van der Waals surface area contributed by atoms with Crippen molar-refractivity contribution in [3.63, 3.8) is 0 Å². The number of aliphatic carboxylic acids is 2. The first-order valence-electron chi connectivity index (χ1n) is 12.3. The zero-order valence-electron chi connectivity index (χ0n) is 21.3. The molecule has 0 saturated heterocycles. The summed E-state index contributed by atoms with van der Waals surface area (Å²) in [6.45, 7) is 4.23. The van der Waals surface area contributed by atoms with Crippen molar-refractivity contribution in [2.75, 3.05) is 0 Å². The quantitative estimate of drug-likeness (QED) is 0.165. The Labute approximate surface area is 255 Å². The number of carbonyl (C=O) groups is 2. The van der Waals surface area contributed by atoms with Crippen LogP contribution in [0.15, 0.2) is 59.3 Å². The lowest BCUT2D eigenvalue weighted by Crippen LogP contribution is -1.99. The molecule has 6 rings (SSSR count). The first-order chi connectivity index (χ1) is 19.3. The predicted octanol–water partition coefficient (Wildman–Crippen LogP) is 10.3. The fourth-order valence-electron chi connectivity index (χ4n) is 4.54. The van der Waals surface area contributed by atoms with E-state index in [0.717, 1.165) is 45.3 Å². The molecule has 0 spiro atoms. The molecule has 6 aromatic heterocycles. The Morgan fingerprint density at radius 2 is 1.07 bits per heavy atom. The zero-order chi connectivity index (χ0) is 28.0. The predicted molar refractivity (Wildman–Crippen MR) is 173 cm³/mol. The molecule has 0 amide bonds. The highest BCUT2D eigenvalue weighted by Gasteiger charge is 2.20. The molecule has 0 aliphatic heterocycles. The molecule has 0 aliphatic rings. The Balaban J connectivity index is 1.34. The van der Waals surface area contributed by atoms with Gasteiger partial charge in [0.15, 0.2) is 0 Å². The van der Waals surface area contributed by atoms with Crippen molar-refractivity contribution in [3.8, 4) is 48.8 Å². The average Bonchev–Trinajstić information content (AvgIpc) is 3.71. The Hall–Kier alpha value is -2.86. The van der Waals surface area contributed by atoms with Gasteiger partial charge in [-0.2, -0.15) is 0 Å². The van der Waals surface area contributed by atoms with Crippen molar-refractivity contribution in [1.82, 2.24) is 0 Å². The maximum Gasteiger partial charge on any atom is 0.307 e. The topological polar surface area (TPSA) is 74.6 Å². The number of rotatable bonds is 9. The third-order valence-corrected chi connectivity index (χ3v) is 13.8. The van der Waals surface area contributed by atoms with Gasteiger partial charge in [0.1, 0.15) is 0 Å². The lowest BCUT2D eigenvalue weighted by atomic mass is 10.1. The number of thiophene rings is 6. The second-order valence-corrected chi connectivity index (χ2v) is 15.4. The van der Waals surface area contributed by atoms with Gasteiger partial charge in [-0.1, -0.05) is 0 Å². The van der Waals surface area contributed by atoms with E-state index in [1.165, 1.54) is 25.8 Å². The van der Waals surface area contributed by atoms with Crippen LogP contribution >= 0.6 is 68.0 Å². The molecule has 2 N–H and O–H groups in total. The summed E-state index contributed by atoms with van der Waals surface area (Å²) >= 11 is 10.1. The summed E-state index contributed by atoms with van der Waals surface area (Å²) in [5.74, 6) is -1.66. The molecule has 202 valence electrons. The maximum absolute atomic E-state index is 11.7. The molecular formula is C30H22O4S6. The summed E-state index contributed by atoms with van der Waals surface area (Å²) < 4.78 is 0. The van der Waals surface area contributed by atoms with E-state index in [0.29, 0.717) is 0 Å². The van der Waals surface area contributed by atoms with Gasteiger partial charge in [0.25, 0.3) is 0 Å². The van der Waals surface area contributed by atoms with Crippen molar-refractivity contribution < 1.29 is 19.8 Å². The molecule has 40 heavy (non-hydrogen) atoms. The van der Waals surface area contributed by atoms with Gasteiger partial charge in [-0.25, -0.2) is 0 Å². The van der Waals surface area contributed by atoms with Crippen LogP contribution in [-0.2, 0) is 22.4 Å². The molecule has 6 heterocycles. The van der Waals surface area contributed by atoms with Gasteiger partial charge in [-0.15, -0.1) is 68.0 Å². The second-order valence-electron chi connectivity index (χ2n) is 9.26. The van der Waals surface area contributed by atoms with E-state index >= 15 is 0 Å². The van der Waals surface area contributed by atoms with Crippen LogP contribution in [0.1, 0.15) is 22.3 Å². The summed E-state index contributed by atoms with van der Waals surface area (Å²) in [4.78, 5) is 34.2. The van der Waals surface area contributed by atoms with E-state index in [4.69, 9.17) is 0 Å². The molecule has 10 heteroatoms. The third kappa shape index (κ3) is 5.39. The molecule has 0 bridgehead atoms. The smallest absolute Gasteiger partial charge is 0.307 e. The monoisotopic (exact) mass is 638 g/mol. The maximum atomic E-state index is 11.7. The lowest BCUT2D eigenvalue weighted by Gasteiger charge is -1.98. The average molecular weight is 639 g/mol. The number of aryl methyl sites for hydroxylation is 2. The SMILES string of the molecule is Cc1ccsc1-c1ccc(-c2sc(-c3cc(C)c(-c4ccc(-c5sccc5CC(=O)O)s4)s3)cc2CC(=O)O)s1. The van der Waals surface area contributed by atoms with E-state index in [2.05, 4.69) is 55.6 Å². The van der Waals surface area contributed by atoms with E-state index in [1.54, 1.807) is 68.0 Å². The summed E-state index contributed by atoms with van der Waals surface area (Å²) in [6.07, 6.45) is 0.00832. The second kappa shape index (κ2) is 11.2. The van der Waals surface area contributed by atoms with Gasteiger partial charge in [0.05, 0.1) is 12.8 Å². The van der Waals surface area contributed by atoms with E-state index in [9.17, 15) is 19.8 Å². The molecule has 0 saturated carbocycles. The number of hydrogen-bond donors (Lipinski definition) is 2. The fourth-order valence-corrected chi connectivity index (χ4v) is 11.5. The van der Waals surface area contributed by atoms with Crippen LogP contribution in [0, 0.1) is 13.8 Å². The first kappa shape index (κ1) is 27.3. The van der Waals surface area contributed by atoms with Crippen LogP contribution in [0.25, 0.3) is 48.8 Å². The van der Waals surface area contributed by atoms with Crippen molar-refractivity contribution in [2.24, 2.45) is 0 Å². The van der Waals surface area contributed by atoms with E-state index in [-0.39, 0.29) is 12.8 Å². The highest BCUT2D eigenvalue weighted by Crippen LogP contribution is 2.49. The van der Waals surface area contributed by atoms with Crippen LogP contribution < -0.4 is 0 Å². The van der Waals surface area contributed by atoms with Crippen molar-refractivity contribution in [2.45, 2.75) is 26.7 Å². The molecule has 6 aromatic rings. The number of hydrogen-bond acceptors (Lipinski definition) is 8. The fraction of sp³-hybridized carbons (Fsp3) is 0.133. The number of carboxylic acids is 2. The van der Waals surface area contributed by atoms with Gasteiger partial charge in [-0.05, 0) is 95.4 Å². The summed E-state index contributed by atoms with van der Waals surface area (Å²) in [7, 11) is 0. The Kier molecular flexibility index (Phi) is 7.64. The van der Waals surface area contributed by atoms with E-state index in [1.807, 2.05) is 17.5 Å². The minimum absolute atomic E-state index is 0.0118. The molecule has 4 nitrogen and oxygen atoms in total. The zero-order valence-corrected chi connectivity index (χ0v) is 26.2. The Morgan fingerprint density at radius 1 is 0.550 bits per heavy atom. The van der Waals surface area contributed by atoms with E-state index < -0.39 is 11.9 Å². The molecule has 0 aliphatic carbocycles. The summed E-state index contributed by atoms with van der Waals surface area (Å²) in [5.41, 5.74) is 4.12. The normalized spacial score (nSPS) is 11.3. The van der Waals surface area contributed by atoms with Gasteiger partial charge in [0, 0.05) is 48.8 Å². The third-order valence-electron chi connectivity index (χ3n) is 6.37. The number of carboxylic acid groups (broad SMARTS) is 2. The molecule has 0 aromatic carbocycles. The molecular weight excluding hydrogens is 617 g/mol. The molecule has 0 fully saturated rings. The van der Waals surface area contributed by atoms with Gasteiger partial charge in [-0.3, -0.25) is 9.59 Å². The van der Waals surface area contributed by atoms with Crippen LogP contribution in [0.4, 0.5) is 0 Å². The minimum Gasteiger partial charge on any atom is -0.481 e. The Morgan fingerprint density at radius 3 is 1.73 bits per heavy atom. The minimum atomic E-state index is -0.832. The van der Waals surface area contributed by atoms with Gasteiger partial charge >= 0.3 is 11.9 Å². The van der Waals surface area contributed by atoms with Crippen molar-refractivity contribution in [1.29, 1.82) is 0 Å². The van der Waals surface area contributed by atoms with Crippen LogP contribution in [-0.4, -0.2) is 22.2 Å². The van der Waals surface area contributed by atoms with Gasteiger partial charge < -0.3 is 10.2 Å². The van der Waals surface area contributed by atoms with Crippen LogP contribution in [0.5, 0.6) is 0 Å². The standard InChI is InChI=1S/C30H22O4S6/c1-15-7-9-35-27(15)19-3-6-22(37-19)30-18(14-26(33)34)12-24(40-30)23-11-16(2)28(39-23)20-4-5-21(38-20)29-17(8-10-36-29)13-25(31)32/h3-12H,13-14H2,1-2H3,(H,31,32)(H,33,34). The molecule has 0 radical (unpaired) electrons. The molecule has 0 atom stereocenters. The van der Waals surface area contributed by atoms with Crippen molar-refractivity contribution >= 4 is 80.0 Å². The Bertz CT molecular complexity index is 1850. The lowest BCUT2D eigenvalue weighted by molar-refractivity contribution is -0.137. The largest absolute Gasteiger partial charge is 0.481 e. The highest BCUT2D eigenvalue weighted by atomic mass is 32.1. The van der Waals surface area contributed by atoms with Gasteiger partial charge in [0.2, 0.25) is 0 Å². The van der Waals surface area contributed by atoms with Crippen molar-refractivity contribution in [3.05, 3.63) is 81.5 Å². The van der Waals surface area contributed by atoms with Crippen LogP contribution in [0.3, 0.4) is 0 Å². The summed E-state index contributed by atoms with van der Waals surface area (Å²) in [5, 5.41) is 23.0. The highest BCUT2D eigenvalue weighted by molar-refractivity contribution is 7.30. The molecule has 0 unspecified atom stereocenters. The summed E-state index contributed by atoms with van der Waals surface area (Å²) in [6, 6.07) is 16.7. The first-order valence-corrected chi connectivity index (χ1v) is 17.3.